The summed E-state index contributed by atoms with van der Waals surface area (Å²) in [5, 5.41) is 2.51. The largest absolute Gasteiger partial charge is 0.433 e. The Morgan fingerprint density at radius 3 is 2.45 bits per heavy atom. The Balaban J connectivity index is 1.91. The molecule has 0 radical (unpaired) electrons. The topological polar surface area (TPSA) is 42.0 Å². The average molecular weight is 312 g/mol. The highest BCUT2D eigenvalue weighted by Gasteiger charge is 2.32. The van der Waals surface area contributed by atoms with Gasteiger partial charge in [0, 0.05) is 12.7 Å². The Kier molecular flexibility index (Phi) is 4.75. The van der Waals surface area contributed by atoms with Crippen molar-refractivity contribution in [2.75, 3.05) is 6.54 Å². The Labute approximate surface area is 124 Å². The average Bonchev–Trinajstić information content (AvgIpc) is 2.48. The van der Waals surface area contributed by atoms with Crippen molar-refractivity contribution in [3.8, 4) is 0 Å². The number of carbonyl (C=O) groups excluding carboxylic acids is 1. The molecule has 22 heavy (non-hydrogen) atoms. The van der Waals surface area contributed by atoms with E-state index >= 15 is 0 Å². The minimum atomic E-state index is -4.54. The van der Waals surface area contributed by atoms with E-state index in [1.165, 1.54) is 6.07 Å². The van der Waals surface area contributed by atoms with Crippen molar-refractivity contribution in [1.82, 2.24) is 10.3 Å². The summed E-state index contributed by atoms with van der Waals surface area (Å²) in [6, 6.07) is 7.95. The lowest BCUT2D eigenvalue weighted by atomic mass is 10.1. The van der Waals surface area contributed by atoms with Crippen molar-refractivity contribution in [2.45, 2.75) is 12.6 Å². The van der Waals surface area contributed by atoms with Crippen LogP contribution in [0, 0.1) is 5.82 Å². The van der Waals surface area contributed by atoms with E-state index in [4.69, 9.17) is 0 Å². The lowest BCUT2D eigenvalue weighted by Gasteiger charge is -2.08. The Bertz CT molecular complexity index is 653. The van der Waals surface area contributed by atoms with Crippen LogP contribution in [0.1, 0.15) is 21.6 Å². The second-order valence-corrected chi connectivity index (χ2v) is 4.53. The lowest BCUT2D eigenvalue weighted by molar-refractivity contribution is -0.141. The van der Waals surface area contributed by atoms with Crippen LogP contribution >= 0.6 is 0 Å². The first-order valence-electron chi connectivity index (χ1n) is 6.43. The van der Waals surface area contributed by atoms with E-state index in [0.717, 1.165) is 18.3 Å². The van der Waals surface area contributed by atoms with Gasteiger partial charge in [0.2, 0.25) is 0 Å². The molecule has 0 aliphatic rings. The van der Waals surface area contributed by atoms with E-state index in [2.05, 4.69) is 10.3 Å². The van der Waals surface area contributed by atoms with Gasteiger partial charge in [-0.25, -0.2) is 4.39 Å². The Hall–Kier alpha value is -2.44. The van der Waals surface area contributed by atoms with Crippen LogP contribution in [0.5, 0.6) is 0 Å². The molecule has 1 amide bonds. The predicted molar refractivity (Wildman–Crippen MR) is 71.7 cm³/mol. The molecule has 0 aliphatic heterocycles. The quantitative estimate of drug-likeness (QED) is 0.881. The second-order valence-electron chi connectivity index (χ2n) is 4.53. The number of nitrogens with one attached hydrogen (secondary N) is 1. The van der Waals surface area contributed by atoms with Gasteiger partial charge in [-0.05, 0) is 30.2 Å². The fraction of sp³-hybridized carbons (Fsp3) is 0.200. The number of nitrogens with zero attached hydrogens (tertiary/aromatic N) is 1. The van der Waals surface area contributed by atoms with Crippen LogP contribution in [0.15, 0.2) is 42.6 Å². The summed E-state index contributed by atoms with van der Waals surface area (Å²) < 4.78 is 50.4. The molecule has 1 heterocycles. The summed E-state index contributed by atoms with van der Waals surface area (Å²) in [5.74, 6) is -0.925. The van der Waals surface area contributed by atoms with Gasteiger partial charge in [-0.1, -0.05) is 18.2 Å². The highest BCUT2D eigenvalue weighted by molar-refractivity contribution is 5.93. The van der Waals surface area contributed by atoms with Crippen molar-refractivity contribution >= 4 is 5.91 Å². The van der Waals surface area contributed by atoms with Crippen molar-refractivity contribution in [2.24, 2.45) is 0 Å². The van der Waals surface area contributed by atoms with Crippen LogP contribution in [0.3, 0.4) is 0 Å². The lowest BCUT2D eigenvalue weighted by Crippen LogP contribution is -2.26. The first-order valence-corrected chi connectivity index (χ1v) is 6.43. The molecule has 0 fully saturated rings. The van der Waals surface area contributed by atoms with Crippen LogP contribution < -0.4 is 5.32 Å². The Morgan fingerprint density at radius 2 is 1.86 bits per heavy atom. The van der Waals surface area contributed by atoms with Crippen molar-refractivity contribution < 1.29 is 22.4 Å². The molecule has 1 N–H and O–H groups in total. The zero-order valence-electron chi connectivity index (χ0n) is 11.3. The summed E-state index contributed by atoms with van der Waals surface area (Å²) in [5.41, 5.74) is -0.592. The summed E-state index contributed by atoms with van der Waals surface area (Å²) in [6.07, 6.45) is -3.40. The number of halogens is 4. The highest BCUT2D eigenvalue weighted by Crippen LogP contribution is 2.27. The number of rotatable bonds is 4. The van der Waals surface area contributed by atoms with Gasteiger partial charge in [0.1, 0.15) is 11.5 Å². The third kappa shape index (κ3) is 4.03. The van der Waals surface area contributed by atoms with Crippen LogP contribution in [-0.4, -0.2) is 17.4 Å². The molecule has 0 saturated carbocycles. The number of carbonyl (C=O) groups is 1. The maximum atomic E-state index is 13.4. The van der Waals surface area contributed by atoms with Gasteiger partial charge in [-0.3, -0.25) is 9.78 Å². The zero-order chi connectivity index (χ0) is 16.2. The standard InChI is InChI=1S/C15H12F4N2O/c16-12-4-2-1-3-10(12)7-8-20-14(22)11-5-6-13(21-9-11)15(17,18)19/h1-6,9H,7-8H2,(H,20,22). The normalized spacial score (nSPS) is 11.3. The summed E-state index contributed by atoms with van der Waals surface area (Å²) in [4.78, 5) is 15.0. The number of hydrogen-bond donors (Lipinski definition) is 1. The van der Waals surface area contributed by atoms with Crippen LogP contribution in [-0.2, 0) is 12.6 Å². The molecule has 0 unspecified atom stereocenters. The van der Waals surface area contributed by atoms with Gasteiger partial charge in [0.15, 0.2) is 0 Å². The molecule has 116 valence electrons. The highest BCUT2D eigenvalue weighted by atomic mass is 19.4. The van der Waals surface area contributed by atoms with Crippen LogP contribution in [0.25, 0.3) is 0 Å². The van der Waals surface area contributed by atoms with Crippen molar-refractivity contribution in [1.29, 1.82) is 0 Å². The van der Waals surface area contributed by atoms with E-state index in [1.807, 2.05) is 0 Å². The van der Waals surface area contributed by atoms with Gasteiger partial charge in [0.25, 0.3) is 5.91 Å². The molecule has 2 aromatic rings. The van der Waals surface area contributed by atoms with Gasteiger partial charge in [-0.15, -0.1) is 0 Å². The molecule has 0 saturated heterocycles. The maximum absolute atomic E-state index is 13.4. The predicted octanol–water partition coefficient (Wildman–Crippen LogP) is 3.21. The molecular formula is C15H12F4N2O. The summed E-state index contributed by atoms with van der Waals surface area (Å²) in [6.45, 7) is 0.167. The molecular weight excluding hydrogens is 300 g/mol. The summed E-state index contributed by atoms with van der Waals surface area (Å²) >= 11 is 0. The zero-order valence-corrected chi connectivity index (χ0v) is 11.3. The maximum Gasteiger partial charge on any atom is 0.433 e. The van der Waals surface area contributed by atoms with Crippen LogP contribution in [0.4, 0.5) is 17.6 Å². The third-order valence-electron chi connectivity index (χ3n) is 2.95. The molecule has 1 aromatic heterocycles. The van der Waals surface area contributed by atoms with E-state index in [-0.39, 0.29) is 24.3 Å². The molecule has 3 nitrogen and oxygen atoms in total. The van der Waals surface area contributed by atoms with E-state index < -0.39 is 17.8 Å². The molecule has 1 aromatic carbocycles. The van der Waals surface area contributed by atoms with Crippen LogP contribution in [0.2, 0.25) is 0 Å². The molecule has 0 atom stereocenters. The Morgan fingerprint density at radius 1 is 1.14 bits per heavy atom. The van der Waals surface area contributed by atoms with Gasteiger partial charge in [0.05, 0.1) is 5.56 Å². The second kappa shape index (κ2) is 6.55. The number of alkyl halides is 3. The van der Waals surface area contributed by atoms with Gasteiger partial charge in [-0.2, -0.15) is 13.2 Å². The van der Waals surface area contributed by atoms with E-state index in [9.17, 15) is 22.4 Å². The number of benzene rings is 1. The first kappa shape index (κ1) is 15.9. The van der Waals surface area contributed by atoms with Crippen molar-refractivity contribution in [3.63, 3.8) is 0 Å². The SMILES string of the molecule is O=C(NCCc1ccccc1F)c1ccc(C(F)(F)F)nc1. The van der Waals surface area contributed by atoms with Crippen molar-refractivity contribution in [3.05, 3.63) is 65.2 Å². The molecule has 0 spiro atoms. The van der Waals surface area contributed by atoms with Gasteiger partial charge >= 0.3 is 6.18 Å². The van der Waals surface area contributed by atoms with E-state index in [1.54, 1.807) is 18.2 Å². The van der Waals surface area contributed by atoms with E-state index in [0.29, 0.717) is 5.56 Å². The monoisotopic (exact) mass is 312 g/mol. The number of pyridine rings is 1. The number of hydrogen-bond acceptors (Lipinski definition) is 2. The smallest absolute Gasteiger partial charge is 0.352 e. The summed E-state index contributed by atoms with van der Waals surface area (Å²) in [7, 11) is 0. The minimum absolute atomic E-state index is 0.0153. The first-order chi connectivity index (χ1) is 10.4. The van der Waals surface area contributed by atoms with Gasteiger partial charge < -0.3 is 5.32 Å². The fourth-order valence-corrected chi connectivity index (χ4v) is 1.81. The third-order valence-corrected chi connectivity index (χ3v) is 2.95. The number of aromatic nitrogens is 1. The molecule has 0 bridgehead atoms. The minimum Gasteiger partial charge on any atom is -0.352 e. The fourth-order valence-electron chi connectivity index (χ4n) is 1.81. The number of amides is 1. The molecule has 0 aliphatic carbocycles. The molecule has 7 heteroatoms. The molecule has 2 rings (SSSR count).